The maximum absolute atomic E-state index is 14.0. The molecule has 2 aromatic heterocycles. The highest BCUT2D eigenvalue weighted by atomic mass is 19.1. The van der Waals surface area contributed by atoms with Gasteiger partial charge in [-0.1, -0.05) is 6.07 Å². The van der Waals surface area contributed by atoms with Crippen molar-refractivity contribution in [2.75, 3.05) is 11.9 Å². The Morgan fingerprint density at radius 2 is 2.00 bits per heavy atom. The summed E-state index contributed by atoms with van der Waals surface area (Å²) in [6, 6.07) is 7.08. The predicted octanol–water partition coefficient (Wildman–Crippen LogP) is 3.18. The van der Waals surface area contributed by atoms with E-state index in [0.29, 0.717) is 11.5 Å². The minimum absolute atomic E-state index is 0.251. The molecule has 5 heteroatoms. The number of benzene rings is 1. The highest BCUT2D eigenvalue weighted by molar-refractivity contribution is 5.78. The van der Waals surface area contributed by atoms with E-state index in [1.165, 1.54) is 6.07 Å². The van der Waals surface area contributed by atoms with Crippen molar-refractivity contribution in [2.45, 2.75) is 6.92 Å². The monoisotopic (exact) mass is 270 g/mol. The van der Waals surface area contributed by atoms with Crippen molar-refractivity contribution in [3.63, 3.8) is 0 Å². The van der Waals surface area contributed by atoms with E-state index in [1.54, 1.807) is 30.5 Å². The molecule has 102 valence electrons. The zero-order valence-corrected chi connectivity index (χ0v) is 11.6. The van der Waals surface area contributed by atoms with E-state index in [1.807, 2.05) is 30.7 Å². The lowest BCUT2D eigenvalue weighted by Crippen LogP contribution is -2.13. The normalized spacial score (nSPS) is 11.0. The van der Waals surface area contributed by atoms with Crippen LogP contribution in [0, 0.1) is 12.7 Å². The zero-order valence-electron chi connectivity index (χ0n) is 11.6. The molecular formula is C15H15FN4. The zero-order chi connectivity index (χ0) is 14.3. The molecule has 0 radical (unpaired) electrons. The maximum atomic E-state index is 14.0. The van der Waals surface area contributed by atoms with Crippen molar-refractivity contribution in [2.24, 2.45) is 7.05 Å². The van der Waals surface area contributed by atoms with E-state index in [9.17, 15) is 4.39 Å². The van der Waals surface area contributed by atoms with Crippen LogP contribution in [0.1, 0.15) is 5.56 Å². The third kappa shape index (κ3) is 2.01. The predicted molar refractivity (Wildman–Crippen MR) is 77.7 cm³/mol. The summed E-state index contributed by atoms with van der Waals surface area (Å²) < 4.78 is 15.9. The van der Waals surface area contributed by atoms with E-state index < -0.39 is 0 Å². The summed E-state index contributed by atoms with van der Waals surface area (Å²) in [6.45, 7) is 1.87. The number of hydrogen-bond donors (Lipinski definition) is 0. The molecule has 0 bridgehead atoms. The average Bonchev–Trinajstić information content (AvgIpc) is 2.79. The van der Waals surface area contributed by atoms with Gasteiger partial charge in [-0.3, -0.25) is 0 Å². The highest BCUT2D eigenvalue weighted by Crippen LogP contribution is 2.27. The number of aromatic nitrogens is 3. The number of pyridine rings is 1. The molecule has 0 saturated heterocycles. The molecule has 0 aliphatic carbocycles. The third-order valence-electron chi connectivity index (χ3n) is 3.41. The average molecular weight is 270 g/mol. The molecule has 3 aromatic rings. The van der Waals surface area contributed by atoms with Crippen LogP contribution < -0.4 is 4.90 Å². The SMILES string of the molecule is Cc1ccc(N(C)c2cc3c(cn2)ncn3C)c(F)c1. The number of rotatable bonds is 2. The van der Waals surface area contributed by atoms with Gasteiger partial charge in [-0.05, 0) is 24.6 Å². The van der Waals surface area contributed by atoms with Gasteiger partial charge in [-0.15, -0.1) is 0 Å². The lowest BCUT2D eigenvalue weighted by molar-refractivity contribution is 0.626. The van der Waals surface area contributed by atoms with Gasteiger partial charge in [0.1, 0.15) is 17.2 Å². The lowest BCUT2D eigenvalue weighted by atomic mass is 10.2. The molecule has 1 aromatic carbocycles. The van der Waals surface area contributed by atoms with Crippen LogP contribution in [0.25, 0.3) is 11.0 Å². The van der Waals surface area contributed by atoms with E-state index in [-0.39, 0.29) is 5.82 Å². The Balaban J connectivity index is 2.07. The summed E-state index contributed by atoms with van der Waals surface area (Å²) in [6.07, 6.45) is 3.44. The van der Waals surface area contributed by atoms with E-state index in [0.717, 1.165) is 16.6 Å². The van der Waals surface area contributed by atoms with Crippen LogP contribution >= 0.6 is 0 Å². The van der Waals surface area contributed by atoms with Crippen LogP contribution in [0.3, 0.4) is 0 Å². The Morgan fingerprint density at radius 1 is 1.20 bits per heavy atom. The van der Waals surface area contributed by atoms with E-state index in [2.05, 4.69) is 9.97 Å². The van der Waals surface area contributed by atoms with Crippen molar-refractivity contribution < 1.29 is 4.39 Å². The fourth-order valence-electron chi connectivity index (χ4n) is 2.21. The Labute approximate surface area is 116 Å². The van der Waals surface area contributed by atoms with Crippen molar-refractivity contribution in [3.8, 4) is 0 Å². The standard InChI is InChI=1S/C15H15FN4/c1-10-4-5-13(11(16)6-10)20(3)15-7-14-12(8-17-15)18-9-19(14)2/h4-9H,1-3H3. The molecule has 20 heavy (non-hydrogen) atoms. The largest absolute Gasteiger partial charge is 0.334 e. The molecule has 4 nitrogen and oxygen atoms in total. The first kappa shape index (κ1) is 12.6. The summed E-state index contributed by atoms with van der Waals surface area (Å²) in [7, 11) is 3.73. The fraction of sp³-hybridized carbons (Fsp3) is 0.200. The maximum Gasteiger partial charge on any atom is 0.147 e. The Hall–Kier alpha value is -2.43. The summed E-state index contributed by atoms with van der Waals surface area (Å²) in [4.78, 5) is 10.3. The second kappa shape index (κ2) is 4.59. The smallest absolute Gasteiger partial charge is 0.147 e. The van der Waals surface area contributed by atoms with Crippen LogP contribution in [0.2, 0.25) is 0 Å². The number of aryl methyl sites for hydroxylation is 2. The topological polar surface area (TPSA) is 34.0 Å². The summed E-state index contributed by atoms with van der Waals surface area (Å²) in [5.41, 5.74) is 3.20. The first-order chi connectivity index (χ1) is 9.56. The molecule has 0 aliphatic rings. The Kier molecular flexibility index (Phi) is 2.89. The van der Waals surface area contributed by atoms with Crippen molar-refractivity contribution in [3.05, 3.63) is 48.2 Å². The van der Waals surface area contributed by atoms with Gasteiger partial charge in [0.05, 0.1) is 23.7 Å². The van der Waals surface area contributed by atoms with E-state index >= 15 is 0 Å². The molecule has 0 fully saturated rings. The number of hydrogen-bond acceptors (Lipinski definition) is 3. The van der Waals surface area contributed by atoms with Gasteiger partial charge in [0.15, 0.2) is 0 Å². The van der Waals surface area contributed by atoms with Gasteiger partial charge in [0.2, 0.25) is 0 Å². The van der Waals surface area contributed by atoms with Gasteiger partial charge in [0.25, 0.3) is 0 Å². The second-order valence-corrected chi connectivity index (χ2v) is 4.90. The second-order valence-electron chi connectivity index (χ2n) is 4.90. The number of anilines is 2. The third-order valence-corrected chi connectivity index (χ3v) is 3.41. The van der Waals surface area contributed by atoms with Gasteiger partial charge in [0, 0.05) is 20.2 Å². The minimum atomic E-state index is -0.251. The van der Waals surface area contributed by atoms with Gasteiger partial charge >= 0.3 is 0 Å². The van der Waals surface area contributed by atoms with Crippen LogP contribution in [0.15, 0.2) is 36.8 Å². The molecule has 0 aliphatic heterocycles. The van der Waals surface area contributed by atoms with Crippen LogP contribution in [0.5, 0.6) is 0 Å². The van der Waals surface area contributed by atoms with Crippen LogP contribution in [-0.4, -0.2) is 21.6 Å². The summed E-state index contributed by atoms with van der Waals surface area (Å²) in [5.74, 6) is 0.434. The summed E-state index contributed by atoms with van der Waals surface area (Å²) >= 11 is 0. The highest BCUT2D eigenvalue weighted by Gasteiger charge is 2.12. The number of imidazole rings is 1. The molecule has 0 unspecified atom stereocenters. The van der Waals surface area contributed by atoms with Crippen molar-refractivity contribution in [1.29, 1.82) is 0 Å². The van der Waals surface area contributed by atoms with Gasteiger partial charge < -0.3 is 9.47 Å². The van der Waals surface area contributed by atoms with Crippen LogP contribution in [0.4, 0.5) is 15.9 Å². The summed E-state index contributed by atoms with van der Waals surface area (Å²) in [5, 5.41) is 0. The fourth-order valence-corrected chi connectivity index (χ4v) is 2.21. The lowest BCUT2D eigenvalue weighted by Gasteiger charge is -2.19. The van der Waals surface area contributed by atoms with Gasteiger partial charge in [-0.2, -0.15) is 0 Å². The van der Waals surface area contributed by atoms with Gasteiger partial charge in [-0.25, -0.2) is 14.4 Å². The van der Waals surface area contributed by atoms with E-state index in [4.69, 9.17) is 0 Å². The first-order valence-corrected chi connectivity index (χ1v) is 6.33. The molecule has 0 atom stereocenters. The number of nitrogens with zero attached hydrogens (tertiary/aromatic N) is 4. The van der Waals surface area contributed by atoms with Crippen molar-refractivity contribution >= 4 is 22.5 Å². The first-order valence-electron chi connectivity index (χ1n) is 6.33. The molecule has 0 saturated carbocycles. The Bertz CT molecular complexity index is 779. The molecule has 3 rings (SSSR count). The molecule has 0 spiro atoms. The number of fused-ring (bicyclic) bond motifs is 1. The van der Waals surface area contributed by atoms with Crippen LogP contribution in [-0.2, 0) is 7.05 Å². The van der Waals surface area contributed by atoms with Crippen molar-refractivity contribution in [1.82, 2.24) is 14.5 Å². The molecule has 0 N–H and O–H groups in total. The number of halogens is 1. The Morgan fingerprint density at radius 3 is 2.75 bits per heavy atom. The molecule has 0 amide bonds. The molecular weight excluding hydrogens is 255 g/mol. The quantitative estimate of drug-likeness (QED) is 0.717. The minimum Gasteiger partial charge on any atom is -0.334 e. The molecule has 2 heterocycles.